The molecule has 0 atom stereocenters. The second kappa shape index (κ2) is 4.94. The van der Waals surface area contributed by atoms with Gasteiger partial charge in [0, 0.05) is 6.42 Å². The average molecular weight is 293 g/mol. The lowest BCUT2D eigenvalue weighted by atomic mass is 10.1. The maximum absolute atomic E-state index is 11.4. The number of hydrogen-bond donors (Lipinski definition) is 2. The molecular formula is C9H13N2O5S2. The molecule has 9 heteroatoms. The predicted molar refractivity (Wildman–Crippen MR) is 63.2 cm³/mol. The van der Waals surface area contributed by atoms with Crippen LogP contribution in [0.3, 0.4) is 0 Å². The molecular weight excluding hydrogens is 280 g/mol. The minimum Gasteiger partial charge on any atom is -0.236 e. The van der Waals surface area contributed by atoms with Crippen molar-refractivity contribution in [3.8, 4) is 0 Å². The van der Waals surface area contributed by atoms with Gasteiger partial charge in [0.15, 0.2) is 0 Å². The van der Waals surface area contributed by atoms with E-state index in [-0.39, 0.29) is 27.3 Å². The van der Waals surface area contributed by atoms with Crippen LogP contribution >= 0.6 is 0 Å². The molecule has 0 unspecified atom stereocenters. The van der Waals surface area contributed by atoms with Crippen molar-refractivity contribution in [2.24, 2.45) is 10.3 Å². The summed E-state index contributed by atoms with van der Waals surface area (Å²) in [6, 6.07) is 2.20. The Morgan fingerprint density at radius 1 is 1.00 bits per heavy atom. The SMILES string of the molecule is Cc1cc(CC[O])c(S(N)(=O)=O)cc1S(N)(=O)=O. The summed E-state index contributed by atoms with van der Waals surface area (Å²) < 4.78 is 45.3. The lowest BCUT2D eigenvalue weighted by Gasteiger charge is -2.11. The van der Waals surface area contributed by atoms with Gasteiger partial charge in [0.05, 0.1) is 16.4 Å². The van der Waals surface area contributed by atoms with Crippen LogP contribution in [0.15, 0.2) is 21.9 Å². The highest BCUT2D eigenvalue weighted by atomic mass is 32.2. The second-order valence-corrected chi connectivity index (χ2v) is 6.83. The Morgan fingerprint density at radius 3 is 1.89 bits per heavy atom. The lowest BCUT2D eigenvalue weighted by Crippen LogP contribution is -2.19. The van der Waals surface area contributed by atoms with Crippen molar-refractivity contribution in [3.05, 3.63) is 23.3 Å². The highest BCUT2D eigenvalue weighted by Gasteiger charge is 2.20. The smallest absolute Gasteiger partial charge is 0.236 e. The number of rotatable bonds is 4. The van der Waals surface area contributed by atoms with Crippen LogP contribution < -0.4 is 10.3 Å². The minimum absolute atomic E-state index is 0.0580. The van der Waals surface area contributed by atoms with Gasteiger partial charge in [0.2, 0.25) is 20.0 Å². The van der Waals surface area contributed by atoms with E-state index < -0.39 is 26.7 Å². The quantitative estimate of drug-likeness (QED) is 0.754. The monoisotopic (exact) mass is 293 g/mol. The zero-order chi connectivity index (χ0) is 14.1. The summed E-state index contributed by atoms with van der Waals surface area (Å²) in [5.74, 6) is 0. The van der Waals surface area contributed by atoms with Gasteiger partial charge in [-0.3, -0.25) is 0 Å². The molecule has 1 aromatic rings. The summed E-state index contributed by atoms with van der Waals surface area (Å²) in [6.45, 7) is 0.928. The van der Waals surface area contributed by atoms with Crippen molar-refractivity contribution >= 4 is 20.0 Å². The molecule has 0 saturated carbocycles. The Kier molecular flexibility index (Phi) is 4.13. The predicted octanol–water partition coefficient (Wildman–Crippen LogP) is -0.737. The van der Waals surface area contributed by atoms with Gasteiger partial charge in [-0.2, -0.15) is 0 Å². The number of benzene rings is 1. The fourth-order valence-corrected chi connectivity index (χ4v) is 3.28. The van der Waals surface area contributed by atoms with E-state index in [1.165, 1.54) is 13.0 Å². The molecule has 1 rings (SSSR count). The van der Waals surface area contributed by atoms with Crippen molar-refractivity contribution in [1.29, 1.82) is 0 Å². The van der Waals surface area contributed by atoms with E-state index in [0.29, 0.717) is 0 Å². The zero-order valence-electron chi connectivity index (χ0n) is 9.58. The van der Waals surface area contributed by atoms with Crippen LogP contribution in [-0.4, -0.2) is 23.4 Å². The van der Waals surface area contributed by atoms with Crippen molar-refractivity contribution in [3.63, 3.8) is 0 Å². The number of nitrogens with two attached hydrogens (primary N) is 2. The van der Waals surface area contributed by atoms with E-state index in [9.17, 15) is 21.9 Å². The standard InChI is InChI=1S/C9H13N2O5S2/c1-6-4-7(2-3-12)9(18(11,15)16)5-8(6)17(10,13)14/h4-5H,2-3H2,1H3,(H2,10,13,14)(H2,11,15,16). The first-order valence-electron chi connectivity index (χ1n) is 4.84. The molecule has 101 valence electrons. The molecule has 1 aromatic carbocycles. The molecule has 7 nitrogen and oxygen atoms in total. The average Bonchev–Trinajstić information content (AvgIpc) is 2.13. The van der Waals surface area contributed by atoms with E-state index in [0.717, 1.165) is 6.07 Å². The van der Waals surface area contributed by atoms with Crippen LogP contribution in [-0.2, 0) is 31.6 Å². The summed E-state index contributed by atoms with van der Waals surface area (Å²) in [5, 5.41) is 20.5. The minimum atomic E-state index is -4.11. The first-order valence-corrected chi connectivity index (χ1v) is 7.94. The Bertz CT molecular complexity index is 664. The molecule has 1 radical (unpaired) electrons. The second-order valence-electron chi connectivity index (χ2n) is 3.77. The molecule has 0 spiro atoms. The van der Waals surface area contributed by atoms with Crippen molar-refractivity contribution in [2.75, 3.05) is 6.61 Å². The van der Waals surface area contributed by atoms with Gasteiger partial charge in [-0.15, -0.1) is 0 Å². The molecule has 0 bridgehead atoms. The van der Waals surface area contributed by atoms with Crippen molar-refractivity contribution < 1.29 is 21.9 Å². The number of aryl methyl sites for hydroxylation is 1. The van der Waals surface area contributed by atoms with E-state index in [4.69, 9.17) is 10.3 Å². The fourth-order valence-electron chi connectivity index (χ4n) is 1.61. The fraction of sp³-hybridized carbons (Fsp3) is 0.333. The van der Waals surface area contributed by atoms with Crippen molar-refractivity contribution in [1.82, 2.24) is 0 Å². The summed E-state index contributed by atoms with van der Waals surface area (Å²) in [7, 11) is -8.16. The van der Waals surface area contributed by atoms with Gasteiger partial charge >= 0.3 is 0 Å². The van der Waals surface area contributed by atoms with Gasteiger partial charge in [0.25, 0.3) is 0 Å². The molecule has 0 aliphatic rings. The van der Waals surface area contributed by atoms with Gasteiger partial charge in [-0.05, 0) is 24.1 Å². The maximum atomic E-state index is 11.4. The molecule has 0 heterocycles. The van der Waals surface area contributed by atoms with Gasteiger partial charge in [-0.25, -0.2) is 32.2 Å². The van der Waals surface area contributed by atoms with Crippen LogP contribution in [0, 0.1) is 6.92 Å². The van der Waals surface area contributed by atoms with Crippen LogP contribution in [0.25, 0.3) is 0 Å². The Hall–Kier alpha value is -1.00. The highest BCUT2D eigenvalue weighted by Crippen LogP contribution is 2.23. The van der Waals surface area contributed by atoms with E-state index >= 15 is 0 Å². The lowest BCUT2D eigenvalue weighted by molar-refractivity contribution is 0.196. The largest absolute Gasteiger partial charge is 0.238 e. The van der Waals surface area contributed by atoms with E-state index in [2.05, 4.69) is 0 Å². The van der Waals surface area contributed by atoms with Crippen LogP contribution in [0.4, 0.5) is 0 Å². The van der Waals surface area contributed by atoms with E-state index in [1.54, 1.807) is 0 Å². The molecule has 0 aliphatic carbocycles. The van der Waals surface area contributed by atoms with Gasteiger partial charge < -0.3 is 0 Å². The van der Waals surface area contributed by atoms with Gasteiger partial charge in [-0.1, -0.05) is 6.07 Å². The van der Waals surface area contributed by atoms with Crippen LogP contribution in [0.2, 0.25) is 0 Å². The number of sulfonamides is 2. The molecule has 0 aromatic heterocycles. The first-order chi connectivity index (χ1) is 8.07. The molecule has 0 saturated heterocycles. The molecule has 0 amide bonds. The number of hydrogen-bond acceptors (Lipinski definition) is 4. The summed E-state index contributed by atoms with van der Waals surface area (Å²) in [5.41, 5.74) is 0.464. The van der Waals surface area contributed by atoms with Crippen molar-refractivity contribution in [2.45, 2.75) is 23.1 Å². The van der Waals surface area contributed by atoms with E-state index in [1.807, 2.05) is 0 Å². The Labute approximate surface area is 106 Å². The molecule has 0 aliphatic heterocycles. The van der Waals surface area contributed by atoms with Crippen LogP contribution in [0.1, 0.15) is 11.1 Å². The zero-order valence-corrected chi connectivity index (χ0v) is 11.2. The molecule has 4 N–H and O–H groups in total. The summed E-state index contributed by atoms with van der Waals surface area (Å²) >= 11 is 0. The normalized spacial score (nSPS) is 12.7. The van der Waals surface area contributed by atoms with Gasteiger partial charge in [0.1, 0.15) is 0 Å². The molecule has 18 heavy (non-hydrogen) atoms. The highest BCUT2D eigenvalue weighted by molar-refractivity contribution is 7.90. The maximum Gasteiger partial charge on any atom is 0.238 e. The first kappa shape index (κ1) is 15.1. The Balaban J connectivity index is 3.67. The Morgan fingerprint density at radius 2 is 1.50 bits per heavy atom. The molecule has 0 fully saturated rings. The summed E-state index contributed by atoms with van der Waals surface area (Å²) in [6.07, 6.45) is -0.0580. The van der Waals surface area contributed by atoms with Crippen LogP contribution in [0.5, 0.6) is 0 Å². The third-order valence-corrected chi connectivity index (χ3v) is 4.39. The third-order valence-electron chi connectivity index (χ3n) is 2.34. The third kappa shape index (κ3) is 3.27. The number of primary sulfonamides is 2. The summed E-state index contributed by atoms with van der Waals surface area (Å²) in [4.78, 5) is -0.700. The topological polar surface area (TPSA) is 140 Å².